The Hall–Kier alpha value is -1.83. The Balaban J connectivity index is 2.26. The van der Waals surface area contributed by atoms with Crippen LogP contribution < -0.4 is 14.2 Å². The molecule has 0 bridgehead atoms. The molecular weight excluding hydrogens is 369 g/mol. The van der Waals surface area contributed by atoms with Crippen LogP contribution in [0.4, 0.5) is 4.39 Å². The lowest BCUT2D eigenvalue weighted by Gasteiger charge is -2.18. The van der Waals surface area contributed by atoms with Crippen LogP contribution in [0.5, 0.6) is 11.5 Å². The Morgan fingerprint density at radius 3 is 2.52 bits per heavy atom. The standard InChI is InChI=1S/C17H19ClFNO4S/c1-11(13-9-12(23-2)7-8-17(13)24-3)20-25(21,22)10-14-15(18)5-4-6-16(14)19/h4-9,11,20H,10H2,1-3H3/t11-/m1/s1. The summed E-state index contributed by atoms with van der Waals surface area (Å²) in [6, 6.07) is 8.51. The van der Waals surface area contributed by atoms with Crippen LogP contribution in [0, 0.1) is 5.82 Å². The van der Waals surface area contributed by atoms with Crippen molar-refractivity contribution in [2.24, 2.45) is 0 Å². The van der Waals surface area contributed by atoms with Crippen LogP contribution in [-0.4, -0.2) is 22.6 Å². The second kappa shape index (κ2) is 8.03. The zero-order chi connectivity index (χ0) is 18.6. The Labute approximate surface area is 151 Å². The molecule has 0 spiro atoms. The van der Waals surface area contributed by atoms with E-state index in [4.69, 9.17) is 21.1 Å². The van der Waals surface area contributed by atoms with Crippen molar-refractivity contribution in [3.05, 3.63) is 58.4 Å². The average Bonchev–Trinajstić information content (AvgIpc) is 2.57. The molecule has 8 heteroatoms. The van der Waals surface area contributed by atoms with Crippen LogP contribution in [0.25, 0.3) is 0 Å². The molecule has 0 aliphatic carbocycles. The first-order valence-electron chi connectivity index (χ1n) is 7.42. The first kappa shape index (κ1) is 19.5. The Morgan fingerprint density at radius 2 is 1.92 bits per heavy atom. The van der Waals surface area contributed by atoms with Gasteiger partial charge in [-0.1, -0.05) is 17.7 Å². The molecule has 5 nitrogen and oxygen atoms in total. The molecular formula is C17H19ClFNO4S. The largest absolute Gasteiger partial charge is 0.497 e. The predicted octanol–water partition coefficient (Wildman–Crippen LogP) is 3.68. The maximum Gasteiger partial charge on any atom is 0.216 e. The van der Waals surface area contributed by atoms with Gasteiger partial charge in [-0.2, -0.15) is 0 Å². The third kappa shape index (κ3) is 4.84. The van der Waals surface area contributed by atoms with E-state index in [1.807, 2.05) is 0 Å². The third-order valence-electron chi connectivity index (χ3n) is 3.66. The number of sulfonamides is 1. The predicted molar refractivity (Wildman–Crippen MR) is 95.1 cm³/mol. The zero-order valence-corrected chi connectivity index (χ0v) is 15.6. The molecule has 0 unspecified atom stereocenters. The van der Waals surface area contributed by atoms with Crippen molar-refractivity contribution in [1.29, 1.82) is 0 Å². The summed E-state index contributed by atoms with van der Waals surface area (Å²) in [5.74, 6) is -0.141. The SMILES string of the molecule is COc1ccc(OC)c([C@@H](C)NS(=O)(=O)Cc2c(F)cccc2Cl)c1. The summed E-state index contributed by atoms with van der Waals surface area (Å²) in [7, 11) is -0.836. The van der Waals surface area contributed by atoms with Gasteiger partial charge in [0.25, 0.3) is 0 Å². The van der Waals surface area contributed by atoms with Crippen molar-refractivity contribution in [3.8, 4) is 11.5 Å². The monoisotopic (exact) mass is 387 g/mol. The number of rotatable bonds is 7. The first-order valence-corrected chi connectivity index (χ1v) is 9.45. The molecule has 0 aromatic heterocycles. The van der Waals surface area contributed by atoms with Gasteiger partial charge in [0.2, 0.25) is 10.0 Å². The molecule has 2 rings (SSSR count). The van der Waals surface area contributed by atoms with Crippen LogP contribution in [0.3, 0.4) is 0 Å². The van der Waals surface area contributed by atoms with E-state index in [-0.39, 0.29) is 10.6 Å². The molecule has 1 N–H and O–H groups in total. The van der Waals surface area contributed by atoms with Crippen molar-refractivity contribution in [2.45, 2.75) is 18.7 Å². The Kier molecular flexibility index (Phi) is 6.26. The fourth-order valence-corrected chi connectivity index (χ4v) is 4.14. The van der Waals surface area contributed by atoms with Gasteiger partial charge in [-0.3, -0.25) is 0 Å². The molecule has 1 atom stereocenters. The van der Waals surface area contributed by atoms with Crippen molar-refractivity contribution in [3.63, 3.8) is 0 Å². The second-order valence-electron chi connectivity index (χ2n) is 5.41. The number of hydrogen-bond donors (Lipinski definition) is 1. The van der Waals surface area contributed by atoms with E-state index >= 15 is 0 Å². The van der Waals surface area contributed by atoms with E-state index < -0.39 is 27.6 Å². The normalized spacial score (nSPS) is 12.7. The molecule has 2 aromatic carbocycles. The van der Waals surface area contributed by atoms with Crippen LogP contribution in [0.1, 0.15) is 24.1 Å². The van der Waals surface area contributed by atoms with Crippen LogP contribution in [0.15, 0.2) is 36.4 Å². The van der Waals surface area contributed by atoms with Crippen molar-refractivity contribution >= 4 is 21.6 Å². The summed E-state index contributed by atoms with van der Waals surface area (Å²) in [4.78, 5) is 0. The molecule has 0 saturated carbocycles. The molecule has 0 heterocycles. The van der Waals surface area contributed by atoms with E-state index in [9.17, 15) is 12.8 Å². The molecule has 0 radical (unpaired) electrons. The smallest absolute Gasteiger partial charge is 0.216 e. The molecule has 0 fully saturated rings. The first-order chi connectivity index (χ1) is 11.8. The van der Waals surface area contributed by atoms with Gasteiger partial charge in [0.15, 0.2) is 0 Å². The Bertz CT molecular complexity index is 837. The minimum Gasteiger partial charge on any atom is -0.497 e. The van der Waals surface area contributed by atoms with E-state index in [1.54, 1.807) is 25.1 Å². The molecule has 25 heavy (non-hydrogen) atoms. The highest BCUT2D eigenvalue weighted by atomic mass is 35.5. The summed E-state index contributed by atoms with van der Waals surface area (Å²) in [6.07, 6.45) is 0. The van der Waals surface area contributed by atoms with Gasteiger partial charge in [0.05, 0.1) is 20.0 Å². The zero-order valence-electron chi connectivity index (χ0n) is 14.0. The third-order valence-corrected chi connectivity index (χ3v) is 5.39. The average molecular weight is 388 g/mol. The van der Waals surface area contributed by atoms with Crippen LogP contribution >= 0.6 is 11.6 Å². The lowest BCUT2D eigenvalue weighted by atomic mass is 10.1. The fraction of sp³-hybridized carbons (Fsp3) is 0.294. The topological polar surface area (TPSA) is 64.6 Å². The molecule has 0 aliphatic heterocycles. The highest BCUT2D eigenvalue weighted by molar-refractivity contribution is 7.88. The molecule has 136 valence electrons. The van der Waals surface area contributed by atoms with Crippen molar-refractivity contribution in [1.82, 2.24) is 4.72 Å². The minimum absolute atomic E-state index is 0.0667. The summed E-state index contributed by atoms with van der Waals surface area (Å²) < 4.78 is 51.7. The maximum absolute atomic E-state index is 13.8. The minimum atomic E-state index is -3.84. The molecule has 0 amide bonds. The van der Waals surface area contributed by atoms with Crippen molar-refractivity contribution < 1.29 is 22.3 Å². The van der Waals surface area contributed by atoms with Gasteiger partial charge in [0.1, 0.15) is 17.3 Å². The second-order valence-corrected chi connectivity index (χ2v) is 7.57. The summed E-state index contributed by atoms with van der Waals surface area (Å²) in [5, 5.41) is 0.0667. The highest BCUT2D eigenvalue weighted by Gasteiger charge is 2.22. The fourth-order valence-electron chi connectivity index (χ4n) is 2.41. The molecule has 0 saturated heterocycles. The maximum atomic E-state index is 13.8. The van der Waals surface area contributed by atoms with E-state index in [0.717, 1.165) is 0 Å². The van der Waals surface area contributed by atoms with Crippen molar-refractivity contribution in [2.75, 3.05) is 14.2 Å². The van der Waals surface area contributed by atoms with E-state index in [0.29, 0.717) is 17.1 Å². The summed E-state index contributed by atoms with van der Waals surface area (Å²) >= 11 is 5.91. The van der Waals surface area contributed by atoms with Gasteiger partial charge < -0.3 is 9.47 Å². The van der Waals surface area contributed by atoms with E-state index in [1.165, 1.54) is 32.4 Å². The van der Waals surface area contributed by atoms with Gasteiger partial charge in [-0.15, -0.1) is 0 Å². The van der Waals surface area contributed by atoms with Crippen LogP contribution in [0.2, 0.25) is 5.02 Å². The number of ether oxygens (including phenoxy) is 2. The number of halogens is 2. The van der Waals surface area contributed by atoms with E-state index in [2.05, 4.69) is 4.72 Å². The number of methoxy groups -OCH3 is 2. The molecule has 2 aromatic rings. The Morgan fingerprint density at radius 1 is 1.20 bits per heavy atom. The number of hydrogen-bond acceptors (Lipinski definition) is 4. The molecule has 0 aliphatic rings. The lowest BCUT2D eigenvalue weighted by Crippen LogP contribution is -2.28. The van der Waals surface area contributed by atoms with Gasteiger partial charge >= 0.3 is 0 Å². The number of nitrogens with one attached hydrogen (secondary N) is 1. The summed E-state index contributed by atoms with van der Waals surface area (Å²) in [6.45, 7) is 1.66. The highest BCUT2D eigenvalue weighted by Crippen LogP contribution is 2.30. The van der Waals surface area contributed by atoms with Gasteiger partial charge in [-0.05, 0) is 37.3 Å². The van der Waals surface area contributed by atoms with Gasteiger partial charge in [-0.25, -0.2) is 17.5 Å². The lowest BCUT2D eigenvalue weighted by molar-refractivity contribution is 0.395. The summed E-state index contributed by atoms with van der Waals surface area (Å²) in [5.41, 5.74) is 0.534. The van der Waals surface area contributed by atoms with Crippen LogP contribution in [-0.2, 0) is 15.8 Å². The quantitative estimate of drug-likeness (QED) is 0.787. The van der Waals surface area contributed by atoms with Gasteiger partial charge in [0, 0.05) is 22.2 Å². The number of benzene rings is 2.